The first kappa shape index (κ1) is 27.1. The lowest BCUT2D eigenvalue weighted by molar-refractivity contribution is -0.380. The Hall–Kier alpha value is -0.910. The van der Waals surface area contributed by atoms with Gasteiger partial charge >= 0.3 is 5.97 Å². The Balaban J connectivity index is 3.58. The van der Waals surface area contributed by atoms with Gasteiger partial charge in [-0.2, -0.15) is 0 Å². The molecular weight excluding hydrogens is 356 g/mol. The molecule has 28 heavy (non-hydrogen) atoms. The third-order valence-corrected chi connectivity index (χ3v) is 4.55. The van der Waals surface area contributed by atoms with Crippen molar-refractivity contribution >= 4 is 5.97 Å². The maximum absolute atomic E-state index is 11.2. The molecule has 0 aliphatic heterocycles. The topological polar surface area (TPSA) is 54.0 Å². The number of carbonyl (C=O) groups is 1. The van der Waals surface area contributed by atoms with Crippen LogP contribution in [-0.4, -0.2) is 38.4 Å². The summed E-state index contributed by atoms with van der Waals surface area (Å²) in [7, 11) is 0. The predicted molar refractivity (Wildman–Crippen MR) is 114 cm³/mol. The summed E-state index contributed by atoms with van der Waals surface area (Å²) >= 11 is 0. The molecule has 0 unspecified atom stereocenters. The van der Waals surface area contributed by atoms with E-state index in [2.05, 4.69) is 6.58 Å². The molecule has 0 saturated heterocycles. The quantitative estimate of drug-likeness (QED) is 0.106. The number of unbranched alkanes of at least 4 members (excludes halogenated alkanes) is 9. The third-order valence-electron chi connectivity index (χ3n) is 4.55. The van der Waals surface area contributed by atoms with Crippen molar-refractivity contribution in [2.75, 3.05) is 26.4 Å². The number of hydrogen-bond acceptors (Lipinski definition) is 5. The number of hydrogen-bond donors (Lipinski definition) is 0. The Kier molecular flexibility index (Phi) is 17.6. The number of carbonyl (C=O) groups excluding carboxylic acids is 1. The van der Waals surface area contributed by atoms with Crippen LogP contribution in [0, 0.1) is 0 Å². The van der Waals surface area contributed by atoms with Crippen LogP contribution in [0.2, 0.25) is 0 Å². The van der Waals surface area contributed by atoms with Crippen LogP contribution in [0.15, 0.2) is 12.2 Å². The van der Waals surface area contributed by atoms with Gasteiger partial charge in [-0.25, -0.2) is 4.79 Å². The van der Waals surface area contributed by atoms with Gasteiger partial charge in [0.2, 0.25) is 0 Å². The minimum Gasteiger partial charge on any atom is -0.462 e. The van der Waals surface area contributed by atoms with Gasteiger partial charge in [-0.3, -0.25) is 0 Å². The summed E-state index contributed by atoms with van der Waals surface area (Å²) in [6.07, 6.45) is 12.7. The zero-order valence-electron chi connectivity index (χ0n) is 18.9. The first-order valence-electron chi connectivity index (χ1n) is 11.3. The zero-order chi connectivity index (χ0) is 21.1. The maximum atomic E-state index is 11.2. The second kappa shape index (κ2) is 18.1. The van der Waals surface area contributed by atoms with Crippen LogP contribution >= 0.6 is 0 Å². The van der Waals surface area contributed by atoms with E-state index in [1.807, 2.05) is 20.8 Å². The lowest BCUT2D eigenvalue weighted by Crippen LogP contribution is -2.39. The Morgan fingerprint density at radius 3 is 1.50 bits per heavy atom. The molecule has 0 heterocycles. The average Bonchev–Trinajstić information content (AvgIpc) is 2.65. The van der Waals surface area contributed by atoms with E-state index >= 15 is 0 Å². The molecule has 0 fully saturated rings. The van der Waals surface area contributed by atoms with E-state index < -0.39 is 5.97 Å². The Bertz CT molecular complexity index is 377. The smallest absolute Gasteiger partial charge is 0.333 e. The summed E-state index contributed by atoms with van der Waals surface area (Å²) in [5.41, 5.74) is 0.472. The van der Waals surface area contributed by atoms with Gasteiger partial charge in [0.05, 0.1) is 6.61 Å². The lowest BCUT2D eigenvalue weighted by Gasteiger charge is -2.32. The number of ether oxygens (including phenoxy) is 4. The molecule has 0 spiro atoms. The van der Waals surface area contributed by atoms with Gasteiger partial charge in [-0.15, -0.1) is 0 Å². The molecule has 5 nitrogen and oxygen atoms in total. The highest BCUT2D eigenvalue weighted by molar-refractivity contribution is 5.86. The highest BCUT2D eigenvalue weighted by atomic mass is 16.9. The molecule has 0 aromatic rings. The van der Waals surface area contributed by atoms with E-state index in [1.165, 1.54) is 44.9 Å². The van der Waals surface area contributed by atoms with Crippen molar-refractivity contribution in [3.8, 4) is 0 Å². The van der Waals surface area contributed by atoms with Gasteiger partial charge < -0.3 is 18.9 Å². The third kappa shape index (κ3) is 14.1. The van der Waals surface area contributed by atoms with Gasteiger partial charge in [0, 0.05) is 31.8 Å². The first-order valence-corrected chi connectivity index (χ1v) is 11.3. The summed E-state index contributed by atoms with van der Waals surface area (Å²) in [4.78, 5) is 11.2. The number of rotatable bonds is 20. The highest BCUT2D eigenvalue weighted by Crippen LogP contribution is 2.24. The molecule has 0 N–H and O–H groups in total. The normalized spacial score (nSPS) is 11.6. The molecule has 0 aliphatic rings. The standard InChI is InChI=1S/C23H44O5/c1-6-26-23(27-7-2,28-8-3)19-17-15-13-11-9-10-12-14-16-18-20-25-22(24)21(4)5/h4,6-20H2,1-3,5H3. The molecule has 0 bridgehead atoms. The molecule has 0 rings (SSSR count). The largest absolute Gasteiger partial charge is 0.462 e. The van der Waals surface area contributed by atoms with Crippen LogP contribution in [0.4, 0.5) is 0 Å². The van der Waals surface area contributed by atoms with Gasteiger partial charge in [0.1, 0.15) is 0 Å². The lowest BCUT2D eigenvalue weighted by atomic mass is 10.1. The summed E-state index contributed by atoms with van der Waals surface area (Å²) in [6.45, 7) is 13.5. The summed E-state index contributed by atoms with van der Waals surface area (Å²) in [5.74, 6) is -1.13. The maximum Gasteiger partial charge on any atom is 0.333 e. The second-order valence-corrected chi connectivity index (χ2v) is 7.18. The summed E-state index contributed by atoms with van der Waals surface area (Å²) < 4.78 is 22.4. The van der Waals surface area contributed by atoms with Gasteiger partial charge in [0.25, 0.3) is 5.97 Å². The van der Waals surface area contributed by atoms with Gasteiger partial charge in [0.15, 0.2) is 0 Å². The fourth-order valence-electron chi connectivity index (χ4n) is 3.15. The first-order chi connectivity index (χ1) is 13.5. The van der Waals surface area contributed by atoms with Crippen LogP contribution in [0.3, 0.4) is 0 Å². The van der Waals surface area contributed by atoms with E-state index in [9.17, 15) is 4.79 Å². The van der Waals surface area contributed by atoms with Gasteiger partial charge in [-0.05, 0) is 40.5 Å². The van der Waals surface area contributed by atoms with Crippen molar-refractivity contribution in [1.29, 1.82) is 0 Å². The van der Waals surface area contributed by atoms with Crippen molar-refractivity contribution in [1.82, 2.24) is 0 Å². The molecule has 0 aliphatic carbocycles. The molecule has 0 amide bonds. The molecule has 0 atom stereocenters. The SMILES string of the molecule is C=C(C)C(=O)OCCCCCCCCCCCCC(OCC)(OCC)OCC. The Morgan fingerprint density at radius 1 is 0.714 bits per heavy atom. The second-order valence-electron chi connectivity index (χ2n) is 7.18. The minimum absolute atomic E-state index is 0.277. The fourth-order valence-corrected chi connectivity index (χ4v) is 3.15. The van der Waals surface area contributed by atoms with Crippen molar-refractivity contribution in [2.24, 2.45) is 0 Å². The molecule has 0 aromatic carbocycles. The van der Waals surface area contributed by atoms with Crippen molar-refractivity contribution in [3.05, 3.63) is 12.2 Å². The van der Waals surface area contributed by atoms with E-state index in [4.69, 9.17) is 18.9 Å². The minimum atomic E-state index is -0.850. The van der Waals surface area contributed by atoms with E-state index in [0.717, 1.165) is 25.7 Å². The predicted octanol–water partition coefficient (Wildman–Crippen LogP) is 6.16. The average molecular weight is 401 g/mol. The Labute approximate surface area is 173 Å². The van der Waals surface area contributed by atoms with Crippen molar-refractivity contribution < 1.29 is 23.7 Å². The van der Waals surface area contributed by atoms with Crippen molar-refractivity contribution in [3.63, 3.8) is 0 Å². The molecule has 166 valence electrons. The summed E-state index contributed by atoms with van der Waals surface area (Å²) in [5, 5.41) is 0. The monoisotopic (exact) mass is 400 g/mol. The molecule has 0 aromatic heterocycles. The van der Waals surface area contributed by atoms with Crippen LogP contribution in [0.25, 0.3) is 0 Å². The Morgan fingerprint density at radius 2 is 1.11 bits per heavy atom. The highest BCUT2D eigenvalue weighted by Gasteiger charge is 2.31. The van der Waals surface area contributed by atoms with Crippen LogP contribution in [0.1, 0.15) is 98.3 Å². The van der Waals surface area contributed by atoms with Crippen LogP contribution < -0.4 is 0 Å². The number of esters is 1. The van der Waals surface area contributed by atoms with E-state index in [-0.39, 0.29) is 5.97 Å². The van der Waals surface area contributed by atoms with E-state index in [1.54, 1.807) is 6.92 Å². The summed E-state index contributed by atoms with van der Waals surface area (Å²) in [6, 6.07) is 0. The molecular formula is C23H44O5. The zero-order valence-corrected chi connectivity index (χ0v) is 18.9. The fraction of sp³-hybridized carbons (Fsp3) is 0.870. The molecule has 5 heteroatoms. The molecule has 0 radical (unpaired) electrons. The molecule has 0 saturated carbocycles. The van der Waals surface area contributed by atoms with Gasteiger partial charge in [-0.1, -0.05) is 57.9 Å². The van der Waals surface area contributed by atoms with Crippen molar-refractivity contribution in [2.45, 2.75) is 104 Å². The van der Waals surface area contributed by atoms with Crippen LogP contribution in [-0.2, 0) is 23.7 Å². The van der Waals surface area contributed by atoms with Crippen LogP contribution in [0.5, 0.6) is 0 Å². The van der Waals surface area contributed by atoms with E-state index in [0.29, 0.717) is 32.0 Å².